The van der Waals surface area contributed by atoms with E-state index < -0.39 is 0 Å². The molecule has 4 rings (SSSR count). The molecule has 1 spiro atoms. The Morgan fingerprint density at radius 3 is 3.29 bits per heavy atom. The molecule has 2 bridgehead atoms. The minimum Gasteiger partial charge on any atom is -0.491 e. The molecule has 0 aromatic carbocycles. The van der Waals surface area contributed by atoms with Crippen LogP contribution < -0.4 is 15.3 Å². The normalized spacial score (nSPS) is 32.8. The van der Waals surface area contributed by atoms with E-state index in [0.717, 1.165) is 18.8 Å². The van der Waals surface area contributed by atoms with Gasteiger partial charge in [0.1, 0.15) is 0 Å². The largest absolute Gasteiger partial charge is 0.491 e. The smallest absolute Gasteiger partial charge is 0.349 e. The van der Waals surface area contributed by atoms with Crippen molar-refractivity contribution in [1.29, 1.82) is 0 Å². The molecule has 1 aromatic rings. The van der Waals surface area contributed by atoms with Gasteiger partial charge in [-0.2, -0.15) is 4.98 Å². The van der Waals surface area contributed by atoms with Gasteiger partial charge in [0, 0.05) is 13.0 Å². The summed E-state index contributed by atoms with van der Waals surface area (Å²) in [7, 11) is 1.61. The lowest BCUT2D eigenvalue weighted by molar-refractivity contribution is 0.0855. The fourth-order valence-electron chi connectivity index (χ4n) is 3.35. The van der Waals surface area contributed by atoms with E-state index in [2.05, 4.69) is 9.88 Å². The second-order valence-electron chi connectivity index (χ2n) is 4.99. The molecule has 6 heteroatoms. The summed E-state index contributed by atoms with van der Waals surface area (Å²) in [5, 5.41) is 0. The molecular weight excluding hydrogens is 222 g/mol. The van der Waals surface area contributed by atoms with Crippen molar-refractivity contribution in [3.05, 3.63) is 16.7 Å². The average Bonchev–Trinajstić information content (AvgIpc) is 2.96. The lowest BCUT2D eigenvalue weighted by Gasteiger charge is -2.32. The van der Waals surface area contributed by atoms with E-state index >= 15 is 0 Å². The summed E-state index contributed by atoms with van der Waals surface area (Å²) in [6.07, 6.45) is 2.81. The molecule has 3 aliphatic heterocycles. The van der Waals surface area contributed by atoms with Gasteiger partial charge in [-0.15, -0.1) is 0 Å². The Labute approximate surface area is 97.8 Å². The van der Waals surface area contributed by atoms with Gasteiger partial charge in [0.15, 0.2) is 11.6 Å². The molecule has 0 radical (unpaired) electrons. The number of nitrogens with zero attached hydrogens (tertiary/aromatic N) is 3. The Morgan fingerprint density at radius 2 is 2.53 bits per heavy atom. The first-order valence-electron chi connectivity index (χ1n) is 5.77. The van der Waals surface area contributed by atoms with Crippen molar-refractivity contribution >= 4 is 5.82 Å². The van der Waals surface area contributed by atoms with Gasteiger partial charge in [0.2, 0.25) is 0 Å². The van der Waals surface area contributed by atoms with Crippen molar-refractivity contribution in [3.63, 3.8) is 0 Å². The third-order valence-electron chi connectivity index (χ3n) is 4.08. The van der Waals surface area contributed by atoms with Gasteiger partial charge in [0.05, 0.1) is 38.1 Å². The standard InChI is InChI=1S/C11H13N3O3/c1-16-8-3-12-10(15)13-5-11-2-7(17-6-11)4-14(11)9(8)13/h3,7H,2,4-6H2,1H3. The Kier molecular flexibility index (Phi) is 1.57. The quantitative estimate of drug-likeness (QED) is 0.663. The summed E-state index contributed by atoms with van der Waals surface area (Å²) in [6.45, 7) is 2.21. The van der Waals surface area contributed by atoms with Gasteiger partial charge < -0.3 is 14.4 Å². The second kappa shape index (κ2) is 2.81. The highest BCUT2D eigenvalue weighted by Gasteiger charge is 2.57. The van der Waals surface area contributed by atoms with Gasteiger partial charge in [-0.3, -0.25) is 4.57 Å². The van der Waals surface area contributed by atoms with Crippen molar-refractivity contribution in [3.8, 4) is 5.75 Å². The molecule has 0 saturated carbocycles. The van der Waals surface area contributed by atoms with Crippen molar-refractivity contribution in [2.45, 2.75) is 24.6 Å². The van der Waals surface area contributed by atoms with Gasteiger partial charge in [0.25, 0.3) is 0 Å². The molecule has 0 aliphatic carbocycles. The number of hydrogen-bond donors (Lipinski definition) is 0. The molecule has 2 atom stereocenters. The molecule has 1 aromatic heterocycles. The van der Waals surface area contributed by atoms with Crippen LogP contribution in [0.2, 0.25) is 0 Å². The van der Waals surface area contributed by atoms with Gasteiger partial charge in [-0.1, -0.05) is 0 Å². The van der Waals surface area contributed by atoms with Crippen LogP contribution in [-0.4, -0.2) is 41.5 Å². The Bertz CT molecular complexity index is 555. The van der Waals surface area contributed by atoms with E-state index in [4.69, 9.17) is 9.47 Å². The average molecular weight is 235 g/mol. The lowest BCUT2D eigenvalue weighted by atomic mass is 10.0. The molecule has 2 fully saturated rings. The van der Waals surface area contributed by atoms with E-state index in [1.54, 1.807) is 11.7 Å². The monoisotopic (exact) mass is 235 g/mol. The van der Waals surface area contributed by atoms with Crippen molar-refractivity contribution in [2.75, 3.05) is 25.2 Å². The number of fused-ring (bicyclic) bond motifs is 3. The van der Waals surface area contributed by atoms with E-state index in [9.17, 15) is 4.79 Å². The van der Waals surface area contributed by atoms with E-state index in [1.165, 1.54) is 6.20 Å². The SMILES string of the molecule is COc1cnc(=O)n2c1N1CC3CC1(CO3)C2. The fourth-order valence-corrected chi connectivity index (χ4v) is 3.35. The molecule has 2 unspecified atom stereocenters. The van der Waals surface area contributed by atoms with Crippen LogP contribution in [0.15, 0.2) is 11.0 Å². The molecule has 3 aliphatic rings. The second-order valence-corrected chi connectivity index (χ2v) is 4.99. The minimum absolute atomic E-state index is 0.0346. The maximum atomic E-state index is 11.8. The highest BCUT2D eigenvalue weighted by atomic mass is 16.5. The maximum absolute atomic E-state index is 11.8. The zero-order valence-corrected chi connectivity index (χ0v) is 9.55. The van der Waals surface area contributed by atoms with Crippen LogP contribution in [0.25, 0.3) is 0 Å². The number of methoxy groups -OCH3 is 1. The molecule has 90 valence electrons. The highest BCUT2D eigenvalue weighted by Crippen LogP contribution is 2.48. The number of rotatable bonds is 1. The van der Waals surface area contributed by atoms with Crippen LogP contribution in [0, 0.1) is 0 Å². The van der Waals surface area contributed by atoms with Crippen LogP contribution in [-0.2, 0) is 11.3 Å². The Morgan fingerprint density at radius 1 is 1.65 bits per heavy atom. The van der Waals surface area contributed by atoms with E-state index in [-0.39, 0.29) is 11.2 Å². The number of morpholine rings is 1. The Hall–Kier alpha value is -1.56. The first-order valence-corrected chi connectivity index (χ1v) is 5.77. The van der Waals surface area contributed by atoms with Crippen molar-refractivity contribution in [1.82, 2.24) is 9.55 Å². The zero-order chi connectivity index (χ0) is 11.6. The first kappa shape index (κ1) is 9.47. The summed E-state index contributed by atoms with van der Waals surface area (Å²) >= 11 is 0. The first-order chi connectivity index (χ1) is 8.23. The predicted octanol–water partition coefficient (Wildman–Crippen LogP) is -0.387. The molecular formula is C11H13N3O3. The molecule has 17 heavy (non-hydrogen) atoms. The predicted molar refractivity (Wildman–Crippen MR) is 59.5 cm³/mol. The summed E-state index contributed by atoms with van der Waals surface area (Å²) in [5.74, 6) is 1.55. The van der Waals surface area contributed by atoms with Crippen LogP contribution in [0.1, 0.15) is 6.42 Å². The number of aromatic nitrogens is 2. The highest BCUT2D eigenvalue weighted by molar-refractivity contribution is 5.59. The number of ether oxygens (including phenoxy) is 2. The maximum Gasteiger partial charge on any atom is 0.349 e. The lowest BCUT2D eigenvalue weighted by Crippen LogP contribution is -2.46. The van der Waals surface area contributed by atoms with Crippen molar-refractivity contribution in [2.24, 2.45) is 0 Å². The molecule has 4 heterocycles. The van der Waals surface area contributed by atoms with Crippen molar-refractivity contribution < 1.29 is 9.47 Å². The Balaban J connectivity index is 1.95. The number of anilines is 1. The topological polar surface area (TPSA) is 56.6 Å². The van der Waals surface area contributed by atoms with E-state index in [1.807, 2.05) is 0 Å². The zero-order valence-electron chi connectivity index (χ0n) is 9.55. The van der Waals surface area contributed by atoms with Gasteiger partial charge in [-0.25, -0.2) is 4.79 Å². The fraction of sp³-hybridized carbons (Fsp3) is 0.636. The molecule has 0 N–H and O–H groups in total. The summed E-state index contributed by atoms with van der Waals surface area (Å²) < 4.78 is 12.7. The van der Waals surface area contributed by atoms with E-state index in [0.29, 0.717) is 25.0 Å². The summed E-state index contributed by atoms with van der Waals surface area (Å²) in [4.78, 5) is 17.9. The third-order valence-corrected chi connectivity index (χ3v) is 4.08. The van der Waals surface area contributed by atoms with Gasteiger partial charge in [-0.05, 0) is 0 Å². The molecule has 0 amide bonds. The van der Waals surface area contributed by atoms with Crippen LogP contribution in [0.5, 0.6) is 5.75 Å². The van der Waals surface area contributed by atoms with Crippen LogP contribution >= 0.6 is 0 Å². The summed E-state index contributed by atoms with van der Waals surface area (Å²) in [6, 6.07) is 0. The minimum atomic E-state index is -0.201. The van der Waals surface area contributed by atoms with Gasteiger partial charge >= 0.3 is 5.69 Å². The molecule has 6 nitrogen and oxygen atoms in total. The third kappa shape index (κ3) is 0.993. The number of hydrogen-bond acceptors (Lipinski definition) is 5. The van der Waals surface area contributed by atoms with Crippen LogP contribution in [0.3, 0.4) is 0 Å². The molecule has 2 saturated heterocycles. The summed E-state index contributed by atoms with van der Waals surface area (Å²) in [5.41, 5.74) is -0.235. The van der Waals surface area contributed by atoms with Crippen LogP contribution in [0.4, 0.5) is 5.82 Å².